The maximum atomic E-state index is 10.8. The number of hydrogen-bond donors (Lipinski definition) is 1. The fraction of sp³-hybridized carbons (Fsp3) is 0.308. The van der Waals surface area contributed by atoms with Crippen LogP contribution < -0.4 is 9.80 Å². The zero-order valence-electron chi connectivity index (χ0n) is 10.8. The predicted molar refractivity (Wildman–Crippen MR) is 77.7 cm³/mol. The highest BCUT2D eigenvalue weighted by Gasteiger charge is 2.19. The largest absolute Gasteiger partial charge is 0.477 e. The molecule has 0 aliphatic carbocycles. The average Bonchev–Trinajstić information content (AvgIpc) is 3.02. The lowest BCUT2D eigenvalue weighted by atomic mass is 10.2. The van der Waals surface area contributed by atoms with E-state index in [2.05, 4.69) is 19.8 Å². The molecule has 104 valence electrons. The summed E-state index contributed by atoms with van der Waals surface area (Å²) in [6, 6.07) is 3.36. The van der Waals surface area contributed by atoms with Crippen molar-refractivity contribution in [3.63, 3.8) is 0 Å². The van der Waals surface area contributed by atoms with Gasteiger partial charge < -0.3 is 14.9 Å². The van der Waals surface area contributed by atoms with Crippen LogP contribution in [-0.2, 0) is 0 Å². The van der Waals surface area contributed by atoms with Crippen molar-refractivity contribution in [2.75, 3.05) is 36.0 Å². The Balaban J connectivity index is 1.64. The van der Waals surface area contributed by atoms with Gasteiger partial charge in [-0.05, 0) is 12.1 Å². The van der Waals surface area contributed by atoms with Gasteiger partial charge in [0.15, 0.2) is 5.13 Å². The monoisotopic (exact) mass is 290 g/mol. The van der Waals surface area contributed by atoms with Gasteiger partial charge >= 0.3 is 5.97 Å². The molecule has 1 saturated heterocycles. The van der Waals surface area contributed by atoms with Crippen LogP contribution >= 0.6 is 11.3 Å². The lowest BCUT2D eigenvalue weighted by molar-refractivity contribution is 0.0690. The first-order valence-electron chi connectivity index (χ1n) is 6.33. The van der Waals surface area contributed by atoms with Crippen molar-refractivity contribution < 1.29 is 9.90 Å². The standard InChI is InChI=1S/C13H14N4O2S/c18-12(19)11-2-1-10(9-15-11)16-4-6-17(7-5-16)13-14-3-8-20-13/h1-3,8-9H,4-7H2,(H,18,19). The highest BCUT2D eigenvalue weighted by molar-refractivity contribution is 7.13. The molecule has 0 saturated carbocycles. The van der Waals surface area contributed by atoms with E-state index in [0.29, 0.717) is 0 Å². The van der Waals surface area contributed by atoms with E-state index in [1.807, 2.05) is 17.6 Å². The number of rotatable bonds is 3. The van der Waals surface area contributed by atoms with Gasteiger partial charge in [-0.25, -0.2) is 14.8 Å². The second-order valence-corrected chi connectivity index (χ2v) is 5.37. The summed E-state index contributed by atoms with van der Waals surface area (Å²) in [5.74, 6) is -0.995. The Morgan fingerprint density at radius 1 is 1.15 bits per heavy atom. The third kappa shape index (κ3) is 2.57. The van der Waals surface area contributed by atoms with Gasteiger partial charge in [0.1, 0.15) is 5.69 Å². The quantitative estimate of drug-likeness (QED) is 0.925. The summed E-state index contributed by atoms with van der Waals surface area (Å²) in [4.78, 5) is 23.5. The fourth-order valence-corrected chi connectivity index (χ4v) is 2.92. The van der Waals surface area contributed by atoms with Gasteiger partial charge in [0, 0.05) is 37.8 Å². The van der Waals surface area contributed by atoms with Gasteiger partial charge in [-0.2, -0.15) is 0 Å². The van der Waals surface area contributed by atoms with Crippen molar-refractivity contribution in [2.24, 2.45) is 0 Å². The van der Waals surface area contributed by atoms with E-state index < -0.39 is 5.97 Å². The number of anilines is 2. The molecule has 0 bridgehead atoms. The number of hydrogen-bond acceptors (Lipinski definition) is 6. The van der Waals surface area contributed by atoms with Gasteiger partial charge in [0.2, 0.25) is 0 Å². The predicted octanol–water partition coefficient (Wildman–Crippen LogP) is 1.56. The molecule has 3 heterocycles. The Morgan fingerprint density at radius 3 is 2.45 bits per heavy atom. The molecule has 7 heteroatoms. The van der Waals surface area contributed by atoms with Crippen LogP contribution in [0.2, 0.25) is 0 Å². The molecule has 0 unspecified atom stereocenters. The van der Waals surface area contributed by atoms with E-state index in [0.717, 1.165) is 37.0 Å². The van der Waals surface area contributed by atoms with Crippen molar-refractivity contribution in [1.29, 1.82) is 0 Å². The molecule has 1 fully saturated rings. The van der Waals surface area contributed by atoms with E-state index >= 15 is 0 Å². The molecule has 6 nitrogen and oxygen atoms in total. The number of pyridine rings is 1. The average molecular weight is 290 g/mol. The Bertz CT molecular complexity index is 577. The summed E-state index contributed by atoms with van der Waals surface area (Å²) in [7, 11) is 0. The number of aromatic nitrogens is 2. The van der Waals surface area contributed by atoms with E-state index in [1.54, 1.807) is 23.6 Å². The number of aromatic carboxylic acids is 1. The molecule has 1 aliphatic heterocycles. The fourth-order valence-electron chi connectivity index (χ4n) is 2.23. The number of carbonyl (C=O) groups is 1. The molecule has 2 aromatic heterocycles. The van der Waals surface area contributed by atoms with Crippen LogP contribution in [0.1, 0.15) is 10.5 Å². The highest BCUT2D eigenvalue weighted by Crippen LogP contribution is 2.21. The third-order valence-corrected chi connectivity index (χ3v) is 4.13. The summed E-state index contributed by atoms with van der Waals surface area (Å²) in [6.07, 6.45) is 3.45. The molecule has 1 aliphatic rings. The highest BCUT2D eigenvalue weighted by atomic mass is 32.1. The first-order valence-corrected chi connectivity index (χ1v) is 7.21. The summed E-state index contributed by atoms with van der Waals surface area (Å²) in [5.41, 5.74) is 1.05. The lowest BCUT2D eigenvalue weighted by Crippen LogP contribution is -2.46. The zero-order chi connectivity index (χ0) is 13.9. The van der Waals surface area contributed by atoms with E-state index in [9.17, 15) is 4.79 Å². The van der Waals surface area contributed by atoms with E-state index in [1.165, 1.54) is 0 Å². The van der Waals surface area contributed by atoms with Crippen molar-refractivity contribution in [3.8, 4) is 0 Å². The van der Waals surface area contributed by atoms with E-state index in [4.69, 9.17) is 5.11 Å². The van der Waals surface area contributed by atoms with Gasteiger partial charge in [0.05, 0.1) is 11.9 Å². The van der Waals surface area contributed by atoms with Crippen LogP contribution in [0.25, 0.3) is 0 Å². The number of thiazole rings is 1. The smallest absolute Gasteiger partial charge is 0.354 e. The van der Waals surface area contributed by atoms with Crippen molar-refractivity contribution in [1.82, 2.24) is 9.97 Å². The molecule has 20 heavy (non-hydrogen) atoms. The van der Waals surface area contributed by atoms with Crippen LogP contribution in [0.15, 0.2) is 29.9 Å². The molecule has 1 N–H and O–H groups in total. The van der Waals surface area contributed by atoms with Crippen molar-refractivity contribution in [3.05, 3.63) is 35.6 Å². The Kier molecular flexibility index (Phi) is 3.51. The molecule has 0 atom stereocenters. The molecule has 0 spiro atoms. The molecular weight excluding hydrogens is 276 g/mol. The SMILES string of the molecule is O=C(O)c1ccc(N2CCN(c3nccs3)CC2)cn1. The van der Waals surface area contributed by atoms with Crippen LogP contribution in [0.3, 0.4) is 0 Å². The second-order valence-electron chi connectivity index (χ2n) is 4.50. The molecule has 0 amide bonds. The molecule has 2 aromatic rings. The number of carboxylic acids is 1. The van der Waals surface area contributed by atoms with Gasteiger partial charge in [-0.15, -0.1) is 11.3 Å². The Labute approximate surface area is 120 Å². The minimum absolute atomic E-state index is 0.0789. The Hall–Kier alpha value is -2.15. The summed E-state index contributed by atoms with van der Waals surface area (Å²) in [5, 5.41) is 11.9. The third-order valence-electron chi connectivity index (χ3n) is 3.30. The minimum atomic E-state index is -0.995. The molecule has 0 radical (unpaired) electrons. The zero-order valence-corrected chi connectivity index (χ0v) is 11.6. The van der Waals surface area contributed by atoms with Crippen LogP contribution in [-0.4, -0.2) is 47.2 Å². The summed E-state index contributed by atoms with van der Waals surface area (Å²) in [6.45, 7) is 3.59. The molecule has 3 rings (SSSR count). The van der Waals surface area contributed by atoms with Crippen LogP contribution in [0, 0.1) is 0 Å². The first-order chi connectivity index (χ1) is 9.74. The second kappa shape index (κ2) is 5.46. The molecular formula is C13H14N4O2S. The van der Waals surface area contributed by atoms with E-state index in [-0.39, 0.29) is 5.69 Å². The maximum Gasteiger partial charge on any atom is 0.354 e. The van der Waals surface area contributed by atoms with Crippen molar-refractivity contribution >= 4 is 28.1 Å². The topological polar surface area (TPSA) is 69.6 Å². The normalized spacial score (nSPS) is 15.4. The number of nitrogens with zero attached hydrogens (tertiary/aromatic N) is 4. The summed E-state index contributed by atoms with van der Waals surface area (Å²) >= 11 is 1.65. The lowest BCUT2D eigenvalue weighted by Gasteiger charge is -2.35. The minimum Gasteiger partial charge on any atom is -0.477 e. The first kappa shape index (κ1) is 12.9. The number of piperazine rings is 1. The van der Waals surface area contributed by atoms with Crippen LogP contribution in [0.5, 0.6) is 0 Å². The van der Waals surface area contributed by atoms with Gasteiger partial charge in [-0.1, -0.05) is 0 Å². The van der Waals surface area contributed by atoms with Gasteiger partial charge in [-0.3, -0.25) is 0 Å². The summed E-state index contributed by atoms with van der Waals surface area (Å²) < 4.78 is 0. The molecule has 0 aromatic carbocycles. The maximum absolute atomic E-state index is 10.8. The van der Waals surface area contributed by atoms with Crippen molar-refractivity contribution in [2.45, 2.75) is 0 Å². The van der Waals surface area contributed by atoms with Crippen LogP contribution in [0.4, 0.5) is 10.8 Å². The van der Waals surface area contributed by atoms with Gasteiger partial charge in [0.25, 0.3) is 0 Å². The number of carboxylic acid groups (broad SMARTS) is 1. The Morgan fingerprint density at radius 2 is 1.90 bits per heavy atom.